The molecule has 0 saturated carbocycles. The zero-order chi connectivity index (χ0) is 13.1. The second-order valence-corrected chi connectivity index (χ2v) is 6.35. The van der Waals surface area contributed by atoms with Gasteiger partial charge in [0.2, 0.25) is 10.0 Å². The van der Waals surface area contributed by atoms with Crippen LogP contribution >= 0.6 is 12.2 Å². The lowest BCUT2D eigenvalue weighted by molar-refractivity contribution is 0.605. The van der Waals surface area contributed by atoms with Crippen LogP contribution in [0.15, 0.2) is 24.3 Å². The highest BCUT2D eigenvalue weighted by Gasteiger charge is 2.12. The average Bonchev–Trinajstić information content (AvgIpc) is 2.14. The number of nitrogens with one attached hydrogen (secondary N) is 1. The molecule has 1 aromatic rings. The molecule has 0 saturated heterocycles. The van der Waals surface area contributed by atoms with Gasteiger partial charge in [0.25, 0.3) is 0 Å². The third kappa shape index (κ3) is 4.70. The Hall–Kier alpha value is -1.14. The molecule has 0 fully saturated rings. The summed E-state index contributed by atoms with van der Waals surface area (Å²) in [5.41, 5.74) is 6.83. The second-order valence-electron chi connectivity index (χ2n) is 4.11. The van der Waals surface area contributed by atoms with Gasteiger partial charge >= 0.3 is 0 Å². The number of anilines is 1. The van der Waals surface area contributed by atoms with Gasteiger partial charge in [0.15, 0.2) is 0 Å². The molecule has 0 aromatic heterocycles. The van der Waals surface area contributed by atoms with Crippen LogP contribution in [0.25, 0.3) is 0 Å². The van der Waals surface area contributed by atoms with Gasteiger partial charge < -0.3 is 5.73 Å². The first-order valence-electron chi connectivity index (χ1n) is 5.19. The first-order valence-corrected chi connectivity index (χ1v) is 7.25. The molecule has 0 bridgehead atoms. The Morgan fingerprint density at radius 1 is 1.47 bits per heavy atom. The number of rotatable bonds is 5. The minimum Gasteiger partial charge on any atom is -0.392 e. The summed E-state index contributed by atoms with van der Waals surface area (Å²) < 4.78 is 25.7. The highest BCUT2D eigenvalue weighted by Crippen LogP contribution is 2.19. The molecule has 1 rings (SSSR count). The van der Waals surface area contributed by atoms with E-state index in [-0.39, 0.29) is 10.7 Å². The van der Waals surface area contributed by atoms with Gasteiger partial charge in [-0.05, 0) is 23.6 Å². The van der Waals surface area contributed by atoms with E-state index in [1.54, 1.807) is 6.07 Å². The second kappa shape index (κ2) is 5.46. The van der Waals surface area contributed by atoms with Crippen molar-refractivity contribution in [1.29, 1.82) is 0 Å². The first-order chi connectivity index (χ1) is 7.80. The Morgan fingerprint density at radius 3 is 2.65 bits per heavy atom. The standard InChI is InChI=1S/C11H16N2O2S2/c1-8(2)9-4-3-5-10(6-9)13-17(14,15)7-11(12)16/h3-6,8,13H,7H2,1-2H3,(H2,12,16). The zero-order valence-corrected chi connectivity index (χ0v) is 11.4. The highest BCUT2D eigenvalue weighted by molar-refractivity contribution is 7.95. The number of nitrogens with two attached hydrogens (primary N) is 1. The molecule has 6 heteroatoms. The lowest BCUT2D eigenvalue weighted by Gasteiger charge is -2.10. The third-order valence-corrected chi connectivity index (χ3v) is 3.72. The molecular weight excluding hydrogens is 256 g/mol. The van der Waals surface area contributed by atoms with E-state index >= 15 is 0 Å². The normalized spacial score (nSPS) is 11.5. The maximum absolute atomic E-state index is 11.6. The van der Waals surface area contributed by atoms with Crippen LogP contribution in [0, 0.1) is 0 Å². The molecule has 0 radical (unpaired) electrons. The molecule has 0 aliphatic heterocycles. The van der Waals surface area contributed by atoms with Gasteiger partial charge in [-0.1, -0.05) is 38.2 Å². The van der Waals surface area contributed by atoms with Crippen LogP contribution in [-0.4, -0.2) is 19.2 Å². The predicted octanol–water partition coefficient (Wildman–Crippen LogP) is 1.84. The van der Waals surface area contributed by atoms with Crippen molar-refractivity contribution in [3.63, 3.8) is 0 Å². The van der Waals surface area contributed by atoms with Crippen LogP contribution < -0.4 is 10.5 Å². The number of hydrogen-bond acceptors (Lipinski definition) is 3. The van der Waals surface area contributed by atoms with E-state index in [2.05, 4.69) is 16.9 Å². The average molecular weight is 272 g/mol. The fourth-order valence-corrected chi connectivity index (χ4v) is 2.76. The van der Waals surface area contributed by atoms with Crippen LogP contribution in [0.2, 0.25) is 0 Å². The maximum Gasteiger partial charge on any atom is 0.239 e. The van der Waals surface area contributed by atoms with E-state index in [4.69, 9.17) is 5.73 Å². The molecule has 3 N–H and O–H groups in total. The summed E-state index contributed by atoms with van der Waals surface area (Å²) >= 11 is 4.59. The summed E-state index contributed by atoms with van der Waals surface area (Å²) in [7, 11) is -3.49. The fraction of sp³-hybridized carbons (Fsp3) is 0.364. The topological polar surface area (TPSA) is 72.2 Å². The van der Waals surface area contributed by atoms with Crippen LogP contribution in [-0.2, 0) is 10.0 Å². The van der Waals surface area contributed by atoms with Gasteiger partial charge in [-0.15, -0.1) is 0 Å². The smallest absolute Gasteiger partial charge is 0.239 e. The van der Waals surface area contributed by atoms with Gasteiger partial charge in [0.05, 0.1) is 4.99 Å². The Bertz CT molecular complexity index is 510. The number of benzene rings is 1. The molecule has 17 heavy (non-hydrogen) atoms. The number of hydrogen-bond donors (Lipinski definition) is 2. The van der Waals surface area contributed by atoms with Crippen LogP contribution in [0.5, 0.6) is 0 Å². The number of sulfonamides is 1. The minimum atomic E-state index is -3.49. The molecule has 0 spiro atoms. The zero-order valence-electron chi connectivity index (χ0n) is 9.80. The Morgan fingerprint density at radius 2 is 2.12 bits per heavy atom. The van der Waals surface area contributed by atoms with Crippen molar-refractivity contribution < 1.29 is 8.42 Å². The van der Waals surface area contributed by atoms with Gasteiger partial charge in [-0.25, -0.2) is 8.42 Å². The van der Waals surface area contributed by atoms with Crippen molar-refractivity contribution in [2.75, 3.05) is 10.5 Å². The first kappa shape index (κ1) is 13.9. The molecule has 0 aliphatic rings. The van der Waals surface area contributed by atoms with Crippen molar-refractivity contribution in [1.82, 2.24) is 0 Å². The molecular formula is C11H16N2O2S2. The number of thiocarbonyl (C=S) groups is 1. The molecule has 0 amide bonds. The van der Waals surface area contributed by atoms with Gasteiger partial charge in [-0.2, -0.15) is 0 Å². The fourth-order valence-electron chi connectivity index (χ4n) is 1.36. The Labute approximate surface area is 107 Å². The van der Waals surface area contributed by atoms with E-state index in [0.29, 0.717) is 11.6 Å². The van der Waals surface area contributed by atoms with E-state index in [0.717, 1.165) is 5.56 Å². The molecule has 94 valence electrons. The van der Waals surface area contributed by atoms with Crippen molar-refractivity contribution in [2.45, 2.75) is 19.8 Å². The van der Waals surface area contributed by atoms with Crippen molar-refractivity contribution in [3.8, 4) is 0 Å². The quantitative estimate of drug-likeness (QED) is 0.802. The summed E-state index contributed by atoms with van der Waals surface area (Å²) in [5.74, 6) is 0.00358. The van der Waals surface area contributed by atoms with Crippen LogP contribution in [0.4, 0.5) is 5.69 Å². The lowest BCUT2D eigenvalue weighted by atomic mass is 10.0. The minimum absolute atomic E-state index is 0.0440. The molecule has 1 aromatic carbocycles. The van der Waals surface area contributed by atoms with Crippen molar-refractivity contribution in [2.24, 2.45) is 5.73 Å². The van der Waals surface area contributed by atoms with Crippen molar-refractivity contribution >= 4 is 32.9 Å². The Kier molecular flexibility index (Phi) is 4.47. The van der Waals surface area contributed by atoms with Gasteiger partial charge in [0, 0.05) is 5.69 Å². The summed E-state index contributed by atoms with van der Waals surface area (Å²) in [6, 6.07) is 7.27. The van der Waals surface area contributed by atoms with E-state index < -0.39 is 10.0 Å². The van der Waals surface area contributed by atoms with E-state index in [1.165, 1.54) is 0 Å². The molecule has 0 atom stereocenters. The Balaban J connectivity index is 2.88. The molecule has 4 nitrogen and oxygen atoms in total. The summed E-state index contributed by atoms with van der Waals surface area (Å²) in [4.78, 5) is -0.0440. The van der Waals surface area contributed by atoms with Gasteiger partial charge in [-0.3, -0.25) is 4.72 Å². The van der Waals surface area contributed by atoms with Crippen molar-refractivity contribution in [3.05, 3.63) is 29.8 Å². The molecule has 0 aliphatic carbocycles. The SMILES string of the molecule is CC(C)c1cccc(NS(=O)(=O)CC(N)=S)c1. The lowest BCUT2D eigenvalue weighted by Crippen LogP contribution is -2.26. The largest absolute Gasteiger partial charge is 0.392 e. The summed E-state index contributed by atoms with van der Waals surface area (Å²) in [6.45, 7) is 4.09. The highest BCUT2D eigenvalue weighted by atomic mass is 32.2. The predicted molar refractivity (Wildman–Crippen MR) is 74.7 cm³/mol. The van der Waals surface area contributed by atoms with Crippen LogP contribution in [0.3, 0.4) is 0 Å². The molecule has 0 unspecified atom stereocenters. The monoisotopic (exact) mass is 272 g/mol. The van der Waals surface area contributed by atoms with Gasteiger partial charge in [0.1, 0.15) is 5.75 Å². The molecule has 0 heterocycles. The summed E-state index contributed by atoms with van der Waals surface area (Å²) in [5, 5.41) is 0. The third-order valence-electron chi connectivity index (χ3n) is 2.16. The van der Waals surface area contributed by atoms with E-state index in [1.807, 2.05) is 32.0 Å². The van der Waals surface area contributed by atoms with E-state index in [9.17, 15) is 8.42 Å². The maximum atomic E-state index is 11.6. The van der Waals surface area contributed by atoms with Crippen LogP contribution in [0.1, 0.15) is 25.3 Å². The summed E-state index contributed by atoms with van der Waals surface area (Å²) in [6.07, 6.45) is 0.